The van der Waals surface area contributed by atoms with Gasteiger partial charge in [0.15, 0.2) is 6.61 Å². The Morgan fingerprint density at radius 2 is 1.93 bits per heavy atom. The maximum Gasteiger partial charge on any atom is 0.258 e. The number of ether oxygens (including phenoxy) is 2. The zero-order valence-electron chi connectivity index (χ0n) is 17.5. The molecule has 0 unspecified atom stereocenters. The van der Waals surface area contributed by atoms with E-state index < -0.39 is 0 Å². The fraction of sp³-hybridized carbons (Fsp3) is 0.478. The van der Waals surface area contributed by atoms with Crippen LogP contribution in [0.4, 0.5) is 0 Å². The number of benzene rings is 1. The van der Waals surface area contributed by atoms with Crippen molar-refractivity contribution in [2.45, 2.75) is 31.9 Å². The average Bonchev–Trinajstić information content (AvgIpc) is 3.42. The molecule has 160 valence electrons. The van der Waals surface area contributed by atoms with Crippen molar-refractivity contribution in [1.29, 1.82) is 0 Å². The van der Waals surface area contributed by atoms with Crippen LogP contribution in [-0.2, 0) is 9.53 Å². The van der Waals surface area contributed by atoms with Crippen LogP contribution in [0.25, 0.3) is 0 Å². The summed E-state index contributed by atoms with van der Waals surface area (Å²) in [5.74, 6) is 1.39. The van der Waals surface area contributed by atoms with Crippen molar-refractivity contribution in [3.63, 3.8) is 0 Å². The van der Waals surface area contributed by atoms with E-state index in [1.165, 1.54) is 0 Å². The molecule has 7 nitrogen and oxygen atoms in total. The smallest absolute Gasteiger partial charge is 0.258 e. The van der Waals surface area contributed by atoms with Crippen LogP contribution in [0.2, 0.25) is 0 Å². The maximum absolute atomic E-state index is 12.7. The molecule has 1 aromatic heterocycles. The highest BCUT2D eigenvalue weighted by Gasteiger charge is 2.44. The van der Waals surface area contributed by atoms with Gasteiger partial charge in [0.05, 0.1) is 17.7 Å². The number of aromatic amines is 1. The molecular formula is C23H29N3O4. The predicted molar refractivity (Wildman–Crippen MR) is 112 cm³/mol. The Hall–Kier alpha value is -2.80. The summed E-state index contributed by atoms with van der Waals surface area (Å²) in [5, 5.41) is 3.10. The van der Waals surface area contributed by atoms with Gasteiger partial charge in [0, 0.05) is 32.6 Å². The summed E-state index contributed by atoms with van der Waals surface area (Å²) in [4.78, 5) is 30.1. The van der Waals surface area contributed by atoms with E-state index in [1.54, 1.807) is 25.6 Å². The standard InChI is InChI=1S/C23H29N3O4/c1-15-5-3-4-6-20(15)30-14-22(27)25-19-9-17-12-26(13-18(17)10-21(19)29-2)23(28)16-7-8-24-11-16/h3-8,11,17-19,21,24H,9-10,12-14H2,1-2H3,(H,25,27)/t17-,18+,19-,21-/m0/s1. The molecule has 0 radical (unpaired) electrons. The van der Waals surface area contributed by atoms with Crippen LogP contribution in [0.15, 0.2) is 42.7 Å². The minimum absolute atomic E-state index is 0.0238. The molecule has 2 amide bonds. The lowest BCUT2D eigenvalue weighted by molar-refractivity contribution is -0.125. The van der Waals surface area contributed by atoms with E-state index in [1.807, 2.05) is 36.1 Å². The maximum atomic E-state index is 12.7. The number of aryl methyl sites for hydroxylation is 1. The van der Waals surface area contributed by atoms with Crippen LogP contribution in [0.3, 0.4) is 0 Å². The molecule has 2 N–H and O–H groups in total. The zero-order chi connectivity index (χ0) is 21.1. The van der Waals surface area contributed by atoms with Crippen LogP contribution in [0.1, 0.15) is 28.8 Å². The number of fused-ring (bicyclic) bond motifs is 1. The molecule has 2 fully saturated rings. The Labute approximate surface area is 176 Å². The van der Waals surface area contributed by atoms with Gasteiger partial charge in [-0.25, -0.2) is 0 Å². The predicted octanol–water partition coefficient (Wildman–Crippen LogP) is 2.38. The highest BCUT2D eigenvalue weighted by molar-refractivity contribution is 5.94. The van der Waals surface area contributed by atoms with E-state index in [2.05, 4.69) is 10.3 Å². The number of likely N-dealkylation sites (tertiary alicyclic amines) is 1. The zero-order valence-corrected chi connectivity index (χ0v) is 17.5. The number of hydrogen-bond donors (Lipinski definition) is 2. The van der Waals surface area contributed by atoms with Gasteiger partial charge in [-0.3, -0.25) is 9.59 Å². The van der Waals surface area contributed by atoms with Gasteiger partial charge in [0.25, 0.3) is 11.8 Å². The lowest BCUT2D eigenvalue weighted by Crippen LogP contribution is -2.51. The lowest BCUT2D eigenvalue weighted by Gasteiger charge is -2.37. The van der Waals surface area contributed by atoms with Crippen molar-refractivity contribution in [1.82, 2.24) is 15.2 Å². The third-order valence-electron chi connectivity index (χ3n) is 6.35. The molecule has 2 aliphatic rings. The van der Waals surface area contributed by atoms with Crippen LogP contribution < -0.4 is 10.1 Å². The van der Waals surface area contributed by atoms with Gasteiger partial charge >= 0.3 is 0 Å². The Balaban J connectivity index is 1.34. The first-order chi connectivity index (χ1) is 14.5. The molecule has 4 atom stereocenters. The normalized spacial score (nSPS) is 25.6. The summed E-state index contributed by atoms with van der Waals surface area (Å²) in [7, 11) is 1.69. The average molecular weight is 412 g/mol. The summed E-state index contributed by atoms with van der Waals surface area (Å²) in [6.45, 7) is 3.39. The number of nitrogens with one attached hydrogen (secondary N) is 2. The Morgan fingerprint density at radius 3 is 2.63 bits per heavy atom. The number of aromatic nitrogens is 1. The molecule has 1 aromatic carbocycles. The Bertz CT molecular complexity index is 882. The van der Waals surface area contributed by atoms with Crippen molar-refractivity contribution in [3.8, 4) is 5.75 Å². The Kier molecular flexibility index (Phi) is 6.08. The van der Waals surface area contributed by atoms with E-state index >= 15 is 0 Å². The van der Waals surface area contributed by atoms with Crippen molar-refractivity contribution >= 4 is 11.8 Å². The molecule has 1 aliphatic carbocycles. The summed E-state index contributed by atoms with van der Waals surface area (Å²) in [6.07, 6.45) is 5.08. The van der Waals surface area contributed by atoms with E-state index in [0.717, 1.165) is 31.5 Å². The number of nitrogens with zero attached hydrogens (tertiary/aromatic N) is 1. The van der Waals surface area contributed by atoms with Crippen molar-refractivity contribution in [2.24, 2.45) is 11.8 Å². The van der Waals surface area contributed by atoms with Gasteiger partial charge in [-0.1, -0.05) is 18.2 Å². The monoisotopic (exact) mass is 411 g/mol. The largest absolute Gasteiger partial charge is 0.484 e. The van der Waals surface area contributed by atoms with Gasteiger partial charge < -0.3 is 24.7 Å². The van der Waals surface area contributed by atoms with Crippen molar-refractivity contribution < 1.29 is 19.1 Å². The van der Waals surface area contributed by atoms with Crippen LogP contribution in [-0.4, -0.2) is 60.7 Å². The molecule has 1 saturated carbocycles. The molecule has 7 heteroatoms. The molecule has 2 heterocycles. The molecule has 4 rings (SSSR count). The van der Waals surface area contributed by atoms with Gasteiger partial charge in [-0.15, -0.1) is 0 Å². The number of H-pyrrole nitrogens is 1. The highest BCUT2D eigenvalue weighted by atomic mass is 16.5. The second kappa shape index (κ2) is 8.92. The number of rotatable bonds is 6. The number of hydrogen-bond acceptors (Lipinski definition) is 4. The molecule has 2 aromatic rings. The second-order valence-corrected chi connectivity index (χ2v) is 8.30. The molecule has 30 heavy (non-hydrogen) atoms. The summed E-state index contributed by atoms with van der Waals surface area (Å²) < 4.78 is 11.4. The van der Waals surface area contributed by atoms with Crippen LogP contribution in [0.5, 0.6) is 5.75 Å². The van der Waals surface area contributed by atoms with Gasteiger partial charge in [0.1, 0.15) is 5.75 Å². The molecule has 1 aliphatic heterocycles. The minimum atomic E-state index is -0.151. The molecule has 1 saturated heterocycles. The van der Waals surface area contributed by atoms with E-state index in [0.29, 0.717) is 23.1 Å². The number of para-hydroxylation sites is 1. The first kappa shape index (κ1) is 20.5. The van der Waals surface area contributed by atoms with E-state index in [4.69, 9.17) is 9.47 Å². The first-order valence-corrected chi connectivity index (χ1v) is 10.5. The number of amides is 2. The minimum Gasteiger partial charge on any atom is -0.484 e. The Morgan fingerprint density at radius 1 is 1.17 bits per heavy atom. The fourth-order valence-electron chi connectivity index (χ4n) is 4.74. The van der Waals surface area contributed by atoms with Gasteiger partial charge in [-0.05, 0) is 49.3 Å². The van der Waals surface area contributed by atoms with Gasteiger partial charge in [-0.2, -0.15) is 0 Å². The van der Waals surface area contributed by atoms with Gasteiger partial charge in [0.2, 0.25) is 0 Å². The number of carbonyl (C=O) groups is 2. The second-order valence-electron chi connectivity index (χ2n) is 8.30. The molecule has 0 bridgehead atoms. The lowest BCUT2D eigenvalue weighted by atomic mass is 9.77. The van der Waals surface area contributed by atoms with Crippen LogP contribution >= 0.6 is 0 Å². The quantitative estimate of drug-likeness (QED) is 0.765. The van der Waals surface area contributed by atoms with Crippen LogP contribution in [0, 0.1) is 18.8 Å². The van der Waals surface area contributed by atoms with E-state index in [-0.39, 0.29) is 30.6 Å². The topological polar surface area (TPSA) is 83.7 Å². The molecular weight excluding hydrogens is 382 g/mol. The fourth-order valence-corrected chi connectivity index (χ4v) is 4.74. The third kappa shape index (κ3) is 4.36. The SMILES string of the molecule is CO[C@H]1C[C@@H]2CN(C(=O)c3cc[nH]c3)C[C@@H]2C[C@@H]1NC(=O)COc1ccccc1C. The summed E-state index contributed by atoms with van der Waals surface area (Å²) in [5.41, 5.74) is 1.69. The highest BCUT2D eigenvalue weighted by Crippen LogP contribution is 2.38. The number of carbonyl (C=O) groups excluding carboxylic acids is 2. The number of methoxy groups -OCH3 is 1. The van der Waals surface area contributed by atoms with E-state index in [9.17, 15) is 9.59 Å². The third-order valence-corrected chi connectivity index (χ3v) is 6.35. The van der Waals surface area contributed by atoms with Crippen molar-refractivity contribution in [3.05, 3.63) is 53.9 Å². The molecule has 0 spiro atoms. The van der Waals surface area contributed by atoms with Crippen molar-refractivity contribution in [2.75, 3.05) is 26.8 Å². The summed E-state index contributed by atoms with van der Waals surface area (Å²) in [6, 6.07) is 9.38. The first-order valence-electron chi connectivity index (χ1n) is 10.5. The summed E-state index contributed by atoms with van der Waals surface area (Å²) >= 11 is 0.